The molecule has 0 aliphatic carbocycles. The third-order valence-electron chi connectivity index (χ3n) is 7.93. The average molecular weight is 592 g/mol. The number of carbonyl (C=O) groups excluding carboxylic acids is 2. The van der Waals surface area contributed by atoms with Crippen LogP contribution in [-0.4, -0.2) is 55.8 Å². The molecule has 11 heteroatoms. The number of azide groups is 1. The molecule has 4 atom stereocenters. The molecule has 0 spiro atoms. The molecule has 0 aliphatic rings. The van der Waals surface area contributed by atoms with Gasteiger partial charge in [0.25, 0.3) is 0 Å². The molecule has 0 saturated heterocycles. The Labute approximate surface area is 246 Å². The van der Waals surface area contributed by atoms with E-state index in [0.29, 0.717) is 30.8 Å². The van der Waals surface area contributed by atoms with Crippen molar-refractivity contribution in [2.45, 2.75) is 117 Å². The fourth-order valence-corrected chi connectivity index (χ4v) is 6.33. The zero-order chi connectivity index (χ0) is 30.7. The maximum absolute atomic E-state index is 14.1. The summed E-state index contributed by atoms with van der Waals surface area (Å²) in [7, 11) is -0.942. The lowest BCUT2D eigenvalue weighted by Crippen LogP contribution is -2.50. The smallest absolute Gasteiger partial charge is 0.357 e. The highest BCUT2D eigenvalue weighted by Gasteiger charge is 2.42. The first-order valence-electron chi connectivity index (χ1n) is 14.1. The maximum Gasteiger partial charge on any atom is 0.357 e. The van der Waals surface area contributed by atoms with Gasteiger partial charge in [0.15, 0.2) is 14.0 Å². The molecule has 0 aliphatic heterocycles. The van der Waals surface area contributed by atoms with Crippen molar-refractivity contribution in [1.29, 1.82) is 0 Å². The van der Waals surface area contributed by atoms with Gasteiger partial charge in [-0.2, -0.15) is 0 Å². The quantitative estimate of drug-likeness (QED) is 0.0370. The Morgan fingerprint density at radius 2 is 1.93 bits per heavy atom. The van der Waals surface area contributed by atoms with Gasteiger partial charge in [0.05, 0.1) is 13.2 Å². The molecule has 0 unspecified atom stereocenters. The summed E-state index contributed by atoms with van der Waals surface area (Å²) in [4.78, 5) is 35.8. The lowest BCUT2D eigenvalue weighted by atomic mass is 9.92. The zero-order valence-electron chi connectivity index (χ0n) is 26.1. The molecule has 1 aromatic rings. The van der Waals surface area contributed by atoms with E-state index in [1.165, 1.54) is 18.4 Å². The van der Waals surface area contributed by atoms with Gasteiger partial charge in [-0.05, 0) is 54.8 Å². The Morgan fingerprint density at radius 3 is 2.42 bits per heavy atom. The van der Waals surface area contributed by atoms with Crippen molar-refractivity contribution >= 4 is 31.5 Å². The van der Waals surface area contributed by atoms with Crippen molar-refractivity contribution in [2.24, 2.45) is 17.0 Å². The van der Waals surface area contributed by atoms with E-state index in [1.54, 1.807) is 5.38 Å². The van der Waals surface area contributed by atoms with Gasteiger partial charge in [-0.3, -0.25) is 4.79 Å². The zero-order valence-corrected chi connectivity index (χ0v) is 27.9. The van der Waals surface area contributed by atoms with Crippen LogP contribution in [0.5, 0.6) is 0 Å². The number of terminal acetylenes is 1. The van der Waals surface area contributed by atoms with Crippen LogP contribution in [0.15, 0.2) is 10.5 Å². The maximum atomic E-state index is 14.1. The Balaban J connectivity index is 3.61. The molecule has 1 aromatic heterocycles. The number of aromatic nitrogens is 1. The normalized spacial score (nSPS) is 14.9. The van der Waals surface area contributed by atoms with Gasteiger partial charge in [-0.25, -0.2) is 9.78 Å². The fourth-order valence-electron chi connectivity index (χ4n) is 4.15. The first-order chi connectivity index (χ1) is 18.6. The highest BCUT2D eigenvalue weighted by Crippen LogP contribution is 2.42. The first kappa shape index (κ1) is 35.6. The van der Waals surface area contributed by atoms with Crippen LogP contribution in [0.3, 0.4) is 0 Å². The summed E-state index contributed by atoms with van der Waals surface area (Å²) in [5.74, 6) is 1.97. The van der Waals surface area contributed by atoms with Gasteiger partial charge in [0.1, 0.15) is 11.0 Å². The highest BCUT2D eigenvalue weighted by molar-refractivity contribution is 7.09. The number of unbranched alkanes of at least 4 members (excludes halogenated alkanes) is 2. The van der Waals surface area contributed by atoms with E-state index in [1.807, 2.05) is 18.7 Å². The number of nitrogens with zero attached hydrogens (tertiary/aromatic N) is 5. The van der Waals surface area contributed by atoms with Crippen LogP contribution in [0.1, 0.15) is 102 Å². The molecule has 0 saturated carbocycles. The molecule has 1 rings (SSSR count). The molecular formula is C29H49N5O4SSi. The summed E-state index contributed by atoms with van der Waals surface area (Å²) in [5, 5.41) is 6.25. The van der Waals surface area contributed by atoms with Crippen molar-refractivity contribution in [3.05, 3.63) is 26.5 Å². The van der Waals surface area contributed by atoms with Gasteiger partial charge in [-0.1, -0.05) is 60.0 Å². The van der Waals surface area contributed by atoms with Crippen LogP contribution in [0.25, 0.3) is 10.4 Å². The van der Waals surface area contributed by atoms with Crippen LogP contribution in [0.2, 0.25) is 18.1 Å². The number of methoxy groups -OCH3 is 1. The molecule has 0 bridgehead atoms. The molecule has 9 nitrogen and oxygen atoms in total. The number of hydrogen-bond donors (Lipinski definition) is 0. The second-order valence-electron chi connectivity index (χ2n) is 12.2. The van der Waals surface area contributed by atoms with E-state index < -0.39 is 26.4 Å². The first-order valence-corrected chi connectivity index (χ1v) is 17.9. The summed E-state index contributed by atoms with van der Waals surface area (Å²) in [6, 6.07) is -1.02. The molecule has 0 aromatic carbocycles. The predicted octanol–water partition coefficient (Wildman–Crippen LogP) is 7.76. The van der Waals surface area contributed by atoms with Gasteiger partial charge in [0.2, 0.25) is 5.91 Å². The lowest BCUT2D eigenvalue weighted by Gasteiger charge is -2.42. The van der Waals surface area contributed by atoms with E-state index in [2.05, 4.69) is 68.6 Å². The number of esters is 1. The number of ether oxygens (including phenoxy) is 1. The van der Waals surface area contributed by atoms with E-state index in [4.69, 9.17) is 15.6 Å². The number of carbonyl (C=O) groups is 2. The highest BCUT2D eigenvalue weighted by atomic mass is 32.1. The Bertz CT molecular complexity index is 1060. The molecule has 0 N–H and O–H groups in total. The van der Waals surface area contributed by atoms with Gasteiger partial charge in [-0.15, -0.1) is 23.7 Å². The standard InChI is InChI=1S/C29H49N5O4SSi/c1-12-14-15-16-17-34(27(35)25(32-33-30)21(5)13-2)23(20(3)4)18-24(38-40(10,11)29(6,7)8)26-31-22(19-39-26)28(36)37-9/h1,19-21,23-25H,13-18H2,2-11H3/t21-,23+,24+,25-/m0/s1. The summed E-state index contributed by atoms with van der Waals surface area (Å²) in [6.07, 6.45) is 8.40. The predicted molar refractivity (Wildman–Crippen MR) is 165 cm³/mol. The minimum atomic E-state index is -2.28. The molecule has 1 heterocycles. The van der Waals surface area contributed by atoms with Crippen molar-refractivity contribution in [2.75, 3.05) is 13.7 Å². The van der Waals surface area contributed by atoms with Gasteiger partial charge < -0.3 is 14.1 Å². The SMILES string of the molecule is C#CCCCCN(C(=O)[C@@H](N=[N+]=[N-])[C@@H](C)CC)[C@H](C[C@@H](O[Si](C)(C)C(C)(C)C)c1nc(C(=O)OC)cs1)C(C)C. The van der Waals surface area contributed by atoms with Gasteiger partial charge >= 0.3 is 5.97 Å². The number of thiazole rings is 1. The fraction of sp³-hybridized carbons (Fsp3) is 0.759. The van der Waals surface area contributed by atoms with E-state index in [-0.39, 0.29) is 34.5 Å². The van der Waals surface area contributed by atoms with Crippen molar-refractivity contribution in [1.82, 2.24) is 9.88 Å². The second kappa shape index (κ2) is 16.2. The van der Waals surface area contributed by atoms with Crippen LogP contribution in [-0.2, 0) is 14.0 Å². The Hall–Kier alpha value is -2.38. The Kier molecular flexibility index (Phi) is 14.4. The Morgan fingerprint density at radius 1 is 1.27 bits per heavy atom. The average Bonchev–Trinajstić information content (AvgIpc) is 3.38. The van der Waals surface area contributed by atoms with E-state index in [9.17, 15) is 15.1 Å². The molecular weight excluding hydrogens is 543 g/mol. The van der Waals surface area contributed by atoms with Crippen LogP contribution < -0.4 is 0 Å². The lowest BCUT2D eigenvalue weighted by molar-refractivity contribution is -0.138. The topological polar surface area (TPSA) is 117 Å². The van der Waals surface area contributed by atoms with Gasteiger partial charge in [0, 0.05) is 29.3 Å². The third-order valence-corrected chi connectivity index (χ3v) is 13.3. The van der Waals surface area contributed by atoms with E-state index in [0.717, 1.165) is 12.8 Å². The molecule has 0 fully saturated rings. The summed E-state index contributed by atoms with van der Waals surface area (Å²) in [5.41, 5.74) is 9.52. The van der Waals surface area contributed by atoms with Crippen molar-refractivity contribution in [3.63, 3.8) is 0 Å². The summed E-state index contributed by atoms with van der Waals surface area (Å²) < 4.78 is 11.8. The number of amides is 1. The molecule has 224 valence electrons. The minimum Gasteiger partial charge on any atom is -0.464 e. The summed E-state index contributed by atoms with van der Waals surface area (Å²) in [6.45, 7) is 19.5. The van der Waals surface area contributed by atoms with Crippen LogP contribution in [0, 0.1) is 24.2 Å². The second-order valence-corrected chi connectivity index (χ2v) is 17.9. The minimum absolute atomic E-state index is 0.0606. The van der Waals surface area contributed by atoms with Crippen LogP contribution in [0.4, 0.5) is 0 Å². The summed E-state index contributed by atoms with van der Waals surface area (Å²) >= 11 is 1.37. The monoisotopic (exact) mass is 591 g/mol. The van der Waals surface area contributed by atoms with E-state index >= 15 is 0 Å². The molecule has 40 heavy (non-hydrogen) atoms. The number of hydrogen-bond acceptors (Lipinski definition) is 7. The molecule has 1 amide bonds. The van der Waals surface area contributed by atoms with Crippen LogP contribution >= 0.6 is 11.3 Å². The van der Waals surface area contributed by atoms with Crippen molar-refractivity contribution < 1.29 is 18.8 Å². The molecule has 0 radical (unpaired) electrons. The third kappa shape index (κ3) is 9.91. The largest absolute Gasteiger partial charge is 0.464 e. The number of rotatable bonds is 16. The van der Waals surface area contributed by atoms with Crippen molar-refractivity contribution in [3.8, 4) is 12.3 Å².